The van der Waals surface area contributed by atoms with Crippen LogP contribution < -0.4 is 9.48 Å². The average Bonchev–Trinajstić information content (AvgIpc) is 2.74. The Morgan fingerprint density at radius 3 is 2.35 bits per heavy atom. The molecule has 0 aliphatic rings. The van der Waals surface area contributed by atoms with E-state index >= 15 is 0 Å². The quantitative estimate of drug-likeness (QED) is 0.425. The fourth-order valence-corrected chi connectivity index (χ4v) is 5.11. The number of carboxylic acids is 1. The summed E-state index contributed by atoms with van der Waals surface area (Å²) in [4.78, 5) is 25.2. The van der Waals surface area contributed by atoms with Gasteiger partial charge in [0.15, 0.2) is 6.61 Å². The van der Waals surface area contributed by atoms with Crippen LogP contribution >= 0.6 is 23.1 Å². The van der Waals surface area contributed by atoms with Crippen molar-refractivity contribution in [2.45, 2.75) is 30.4 Å². The minimum absolute atomic E-state index is 0.00395. The Morgan fingerprint density at radius 2 is 1.77 bits per heavy atom. The van der Waals surface area contributed by atoms with Crippen molar-refractivity contribution in [3.05, 3.63) is 75.8 Å². The van der Waals surface area contributed by atoms with Gasteiger partial charge in [-0.3, -0.25) is 4.79 Å². The summed E-state index contributed by atoms with van der Waals surface area (Å²) in [5.74, 6) is -0.290. The molecule has 0 radical (unpaired) electrons. The van der Waals surface area contributed by atoms with Gasteiger partial charge in [0.05, 0.1) is 5.56 Å². The van der Waals surface area contributed by atoms with Gasteiger partial charge in [-0.05, 0) is 60.4 Å². The van der Waals surface area contributed by atoms with Gasteiger partial charge in [0, 0.05) is 15.0 Å². The number of thioether (sulfide) groups is 1. The minimum Gasteiger partial charge on any atom is -0.507 e. The second-order valence-electron chi connectivity index (χ2n) is 7.39. The molecule has 2 N–H and O–H groups in total. The van der Waals surface area contributed by atoms with Gasteiger partial charge in [-0.25, -0.2) is 4.79 Å². The van der Waals surface area contributed by atoms with E-state index < -0.39 is 12.6 Å². The van der Waals surface area contributed by atoms with E-state index in [1.165, 1.54) is 0 Å². The first-order chi connectivity index (χ1) is 14.8. The molecule has 1 aromatic heterocycles. The van der Waals surface area contributed by atoms with E-state index in [2.05, 4.69) is 13.8 Å². The number of aliphatic carboxylic acids is 1. The molecule has 1 unspecified atom stereocenters. The number of aromatic hydroxyl groups is 1. The lowest BCUT2D eigenvalue weighted by molar-refractivity contribution is -0.139. The highest BCUT2D eigenvalue weighted by molar-refractivity contribution is 8.00. The first-order valence-electron chi connectivity index (χ1n) is 9.86. The lowest BCUT2D eigenvalue weighted by Gasteiger charge is -2.20. The van der Waals surface area contributed by atoms with Gasteiger partial charge in [0.25, 0.3) is 0 Å². The first kappa shape index (κ1) is 22.9. The molecule has 0 saturated heterocycles. The molecule has 0 bridgehead atoms. The second kappa shape index (κ2) is 10.5. The van der Waals surface area contributed by atoms with Gasteiger partial charge in [-0.2, -0.15) is 0 Å². The lowest BCUT2D eigenvalue weighted by atomic mass is 10.0. The van der Waals surface area contributed by atoms with E-state index in [1.54, 1.807) is 42.1 Å². The third-order valence-electron chi connectivity index (χ3n) is 4.71. The van der Waals surface area contributed by atoms with Crippen LogP contribution in [0.25, 0.3) is 10.4 Å². The summed E-state index contributed by atoms with van der Waals surface area (Å²) < 4.78 is 4.98. The molecule has 2 aromatic carbocycles. The van der Waals surface area contributed by atoms with Crippen molar-refractivity contribution in [1.29, 1.82) is 0 Å². The molecule has 0 saturated carbocycles. The van der Waals surface area contributed by atoms with Crippen molar-refractivity contribution in [2.75, 3.05) is 6.61 Å². The highest BCUT2D eigenvalue weighted by atomic mass is 32.2. The van der Waals surface area contributed by atoms with Gasteiger partial charge in [0.1, 0.15) is 11.5 Å². The van der Waals surface area contributed by atoms with Crippen LogP contribution in [0, 0.1) is 5.92 Å². The van der Waals surface area contributed by atoms with Crippen LogP contribution in [0.4, 0.5) is 0 Å². The summed E-state index contributed by atoms with van der Waals surface area (Å²) in [6.07, 6.45) is 0.487. The summed E-state index contributed by atoms with van der Waals surface area (Å²) in [7, 11) is 0. The molecule has 7 heteroatoms. The number of benzene rings is 2. The molecule has 3 aromatic rings. The Morgan fingerprint density at radius 1 is 1.10 bits per heavy atom. The van der Waals surface area contributed by atoms with Gasteiger partial charge >= 0.3 is 5.97 Å². The highest BCUT2D eigenvalue weighted by Crippen LogP contribution is 2.34. The zero-order chi connectivity index (χ0) is 22.4. The summed E-state index contributed by atoms with van der Waals surface area (Å²) in [5.41, 5.74) is 1.20. The SMILES string of the molecule is CC(C)C(Cc1c(O)cc(-c2ccc(OCC(=O)O)cc2)sc1=O)Sc1ccccc1. The highest BCUT2D eigenvalue weighted by Gasteiger charge is 2.20. The van der Waals surface area contributed by atoms with Crippen molar-refractivity contribution >= 4 is 29.1 Å². The largest absolute Gasteiger partial charge is 0.507 e. The number of carbonyl (C=O) groups is 1. The Balaban J connectivity index is 1.79. The lowest BCUT2D eigenvalue weighted by Crippen LogP contribution is -2.19. The van der Waals surface area contributed by atoms with Crippen LogP contribution in [0.3, 0.4) is 0 Å². The first-order valence-corrected chi connectivity index (χ1v) is 11.6. The average molecular weight is 457 g/mol. The molecule has 3 rings (SSSR count). The second-order valence-corrected chi connectivity index (χ2v) is 9.71. The van der Waals surface area contributed by atoms with Crippen molar-refractivity contribution in [3.63, 3.8) is 0 Å². The molecule has 0 spiro atoms. The molecule has 1 heterocycles. The number of ether oxygens (including phenoxy) is 1. The number of hydrogen-bond donors (Lipinski definition) is 2. The fraction of sp³-hybridized carbons (Fsp3) is 0.250. The molecule has 0 amide bonds. The molecule has 5 nitrogen and oxygen atoms in total. The molecule has 31 heavy (non-hydrogen) atoms. The van der Waals surface area contributed by atoms with Gasteiger partial charge in [-0.1, -0.05) is 43.4 Å². The van der Waals surface area contributed by atoms with E-state index in [4.69, 9.17) is 9.84 Å². The van der Waals surface area contributed by atoms with E-state index in [1.807, 2.05) is 30.3 Å². The normalized spacial score (nSPS) is 12.0. The Kier molecular flexibility index (Phi) is 7.76. The number of hydrogen-bond acceptors (Lipinski definition) is 6. The predicted octanol–water partition coefficient (Wildman–Crippen LogP) is 5.30. The molecule has 0 aliphatic heterocycles. The monoisotopic (exact) mass is 456 g/mol. The van der Waals surface area contributed by atoms with Crippen LogP contribution in [-0.4, -0.2) is 28.0 Å². The summed E-state index contributed by atoms with van der Waals surface area (Å²) in [6.45, 7) is 3.82. The van der Waals surface area contributed by atoms with E-state index in [0.29, 0.717) is 28.5 Å². The smallest absolute Gasteiger partial charge is 0.341 e. The predicted molar refractivity (Wildman–Crippen MR) is 125 cm³/mol. The van der Waals surface area contributed by atoms with E-state index in [9.17, 15) is 14.7 Å². The van der Waals surface area contributed by atoms with Crippen LogP contribution in [-0.2, 0) is 11.2 Å². The van der Waals surface area contributed by atoms with E-state index in [-0.39, 0.29) is 15.7 Å². The van der Waals surface area contributed by atoms with Crippen molar-refractivity contribution < 1.29 is 19.7 Å². The van der Waals surface area contributed by atoms with E-state index in [0.717, 1.165) is 21.8 Å². The summed E-state index contributed by atoms with van der Waals surface area (Å²) >= 11 is 2.81. The molecular weight excluding hydrogens is 432 g/mol. The fourth-order valence-electron chi connectivity index (χ4n) is 2.99. The summed E-state index contributed by atoms with van der Waals surface area (Å²) in [6, 6.07) is 18.4. The topological polar surface area (TPSA) is 83.8 Å². The minimum atomic E-state index is -1.05. The van der Waals surface area contributed by atoms with Crippen molar-refractivity contribution in [2.24, 2.45) is 5.92 Å². The standard InChI is InChI=1S/C24H24O5S2/c1-15(2)21(30-18-6-4-3-5-7-18)12-19-20(25)13-22(31-24(19)28)16-8-10-17(11-9-16)29-14-23(26)27/h3-11,13,15,21,25H,12,14H2,1-2H3,(H,26,27). The zero-order valence-corrected chi connectivity index (χ0v) is 18.9. The van der Waals surface area contributed by atoms with Crippen LogP contribution in [0.5, 0.6) is 11.5 Å². The summed E-state index contributed by atoms with van der Waals surface area (Å²) in [5, 5.41) is 19.5. The van der Waals surface area contributed by atoms with Crippen molar-refractivity contribution in [1.82, 2.24) is 0 Å². The van der Waals surface area contributed by atoms with Gasteiger partial charge in [0.2, 0.25) is 4.74 Å². The zero-order valence-electron chi connectivity index (χ0n) is 17.3. The number of rotatable bonds is 9. The van der Waals surface area contributed by atoms with Crippen LogP contribution in [0.2, 0.25) is 0 Å². The van der Waals surface area contributed by atoms with Gasteiger partial charge in [-0.15, -0.1) is 11.8 Å². The maximum Gasteiger partial charge on any atom is 0.341 e. The third-order valence-corrected chi connectivity index (χ3v) is 7.27. The Hall–Kier alpha value is -2.77. The van der Waals surface area contributed by atoms with Gasteiger partial charge < -0.3 is 14.9 Å². The molecule has 1 atom stereocenters. The molecule has 162 valence electrons. The van der Waals surface area contributed by atoms with Crippen molar-refractivity contribution in [3.8, 4) is 21.9 Å². The van der Waals surface area contributed by atoms with Crippen LogP contribution in [0.1, 0.15) is 19.4 Å². The van der Waals surface area contributed by atoms with Crippen LogP contribution in [0.15, 0.2) is 70.4 Å². The molecular formula is C24H24O5S2. The third kappa shape index (κ3) is 6.35. The number of carboxylic acid groups (broad SMARTS) is 1. The molecule has 0 aliphatic carbocycles. The Labute approximate surface area is 189 Å². The maximum absolute atomic E-state index is 12.8. The Bertz CT molecular complexity index is 1080. The molecule has 0 fully saturated rings. The maximum atomic E-state index is 12.8.